The first-order valence-corrected chi connectivity index (χ1v) is 8.62. The van der Waals surface area contributed by atoms with Crippen molar-refractivity contribution in [1.29, 1.82) is 0 Å². The Labute approximate surface area is 116 Å². The zero-order chi connectivity index (χ0) is 13.7. The van der Waals surface area contributed by atoms with E-state index in [0.29, 0.717) is 32.8 Å². The summed E-state index contributed by atoms with van der Waals surface area (Å²) in [5.74, 6) is 0. The van der Waals surface area contributed by atoms with Gasteiger partial charge in [0.25, 0.3) is 10.2 Å². The van der Waals surface area contributed by atoms with Crippen LogP contribution in [0, 0.1) is 0 Å². The van der Waals surface area contributed by atoms with E-state index in [-0.39, 0.29) is 6.10 Å². The zero-order valence-corrected chi connectivity index (χ0v) is 12.5. The van der Waals surface area contributed by atoms with Crippen LogP contribution in [0.3, 0.4) is 0 Å². The summed E-state index contributed by atoms with van der Waals surface area (Å²) in [5, 5.41) is 3.23. The second kappa shape index (κ2) is 6.99. The van der Waals surface area contributed by atoms with E-state index in [4.69, 9.17) is 4.74 Å². The zero-order valence-electron chi connectivity index (χ0n) is 11.7. The second-order valence-electron chi connectivity index (χ2n) is 5.09. The van der Waals surface area contributed by atoms with Crippen molar-refractivity contribution in [1.82, 2.24) is 13.9 Å². The minimum atomic E-state index is -3.31. The molecule has 0 radical (unpaired) electrons. The Morgan fingerprint density at radius 3 is 2.74 bits per heavy atom. The molecule has 2 aliphatic heterocycles. The van der Waals surface area contributed by atoms with Gasteiger partial charge in [-0.25, -0.2) is 0 Å². The van der Waals surface area contributed by atoms with Gasteiger partial charge in [-0.1, -0.05) is 0 Å². The maximum atomic E-state index is 12.6. The number of nitrogens with one attached hydrogen (secondary N) is 1. The first-order valence-electron chi connectivity index (χ1n) is 7.22. The Bertz CT molecular complexity index is 364. The van der Waals surface area contributed by atoms with Crippen LogP contribution < -0.4 is 5.32 Å². The van der Waals surface area contributed by atoms with Crippen LogP contribution in [0.2, 0.25) is 0 Å². The van der Waals surface area contributed by atoms with Gasteiger partial charge in [0.05, 0.1) is 6.10 Å². The Morgan fingerprint density at radius 1 is 1.16 bits per heavy atom. The van der Waals surface area contributed by atoms with Crippen molar-refractivity contribution in [3.63, 3.8) is 0 Å². The number of rotatable bonds is 4. The van der Waals surface area contributed by atoms with E-state index in [2.05, 4.69) is 5.32 Å². The van der Waals surface area contributed by atoms with Crippen LogP contribution in [0.15, 0.2) is 0 Å². The third-order valence-electron chi connectivity index (χ3n) is 3.69. The molecule has 0 bridgehead atoms. The summed E-state index contributed by atoms with van der Waals surface area (Å²) < 4.78 is 34.0. The molecule has 0 aromatic carbocycles. The smallest absolute Gasteiger partial charge is 0.282 e. The topological polar surface area (TPSA) is 61.9 Å². The van der Waals surface area contributed by atoms with Crippen LogP contribution in [0.25, 0.3) is 0 Å². The third-order valence-corrected chi connectivity index (χ3v) is 5.70. The van der Waals surface area contributed by atoms with Gasteiger partial charge in [0.15, 0.2) is 0 Å². The Hall–Kier alpha value is -0.210. The van der Waals surface area contributed by atoms with E-state index in [1.165, 1.54) is 0 Å². The fraction of sp³-hybridized carbons (Fsp3) is 1.00. The highest BCUT2D eigenvalue weighted by atomic mass is 32.2. The summed E-state index contributed by atoms with van der Waals surface area (Å²) in [5.41, 5.74) is 0. The first-order chi connectivity index (χ1) is 9.14. The van der Waals surface area contributed by atoms with E-state index in [1.807, 2.05) is 6.92 Å². The van der Waals surface area contributed by atoms with Crippen molar-refractivity contribution in [2.75, 3.05) is 45.9 Å². The summed E-state index contributed by atoms with van der Waals surface area (Å²) in [6.45, 7) is 6.54. The molecule has 0 spiro atoms. The molecule has 0 amide bonds. The Kier molecular flexibility index (Phi) is 5.58. The molecule has 1 unspecified atom stereocenters. The average molecular weight is 291 g/mol. The van der Waals surface area contributed by atoms with Crippen LogP contribution in [0.5, 0.6) is 0 Å². The number of piperidine rings is 1. The lowest BCUT2D eigenvalue weighted by Gasteiger charge is -2.34. The van der Waals surface area contributed by atoms with Gasteiger partial charge in [0.2, 0.25) is 0 Å². The Morgan fingerprint density at radius 2 is 1.95 bits per heavy atom. The summed E-state index contributed by atoms with van der Waals surface area (Å²) >= 11 is 0. The molecule has 2 rings (SSSR count). The normalized spacial score (nSPS) is 28.2. The van der Waals surface area contributed by atoms with Gasteiger partial charge in [-0.2, -0.15) is 17.0 Å². The van der Waals surface area contributed by atoms with E-state index in [9.17, 15) is 8.42 Å². The standard InChI is InChI=1S/C12H25N3O3S/c1-2-18-12-5-3-8-15(11-12)19(16,17)14-9-4-6-13-7-10-14/h12-13H,2-11H2,1H3. The van der Waals surface area contributed by atoms with E-state index >= 15 is 0 Å². The van der Waals surface area contributed by atoms with Gasteiger partial charge in [-0.05, 0) is 32.7 Å². The van der Waals surface area contributed by atoms with Crippen molar-refractivity contribution in [3.8, 4) is 0 Å². The highest BCUT2D eigenvalue weighted by molar-refractivity contribution is 7.86. The van der Waals surface area contributed by atoms with E-state index in [1.54, 1.807) is 8.61 Å². The molecule has 112 valence electrons. The molecule has 0 aromatic heterocycles. The van der Waals surface area contributed by atoms with Gasteiger partial charge in [0, 0.05) is 39.3 Å². The van der Waals surface area contributed by atoms with Gasteiger partial charge in [0.1, 0.15) is 0 Å². The molecule has 2 aliphatic rings. The van der Waals surface area contributed by atoms with Crippen molar-refractivity contribution in [2.24, 2.45) is 0 Å². The summed E-state index contributed by atoms with van der Waals surface area (Å²) in [6.07, 6.45) is 2.78. The largest absolute Gasteiger partial charge is 0.377 e. The molecule has 1 N–H and O–H groups in total. The molecule has 2 saturated heterocycles. The molecule has 19 heavy (non-hydrogen) atoms. The molecule has 0 aliphatic carbocycles. The van der Waals surface area contributed by atoms with Crippen molar-refractivity contribution < 1.29 is 13.2 Å². The molecule has 1 atom stereocenters. The van der Waals surface area contributed by atoms with Crippen molar-refractivity contribution in [3.05, 3.63) is 0 Å². The molecular formula is C12H25N3O3S. The minimum Gasteiger partial charge on any atom is -0.377 e. The van der Waals surface area contributed by atoms with Gasteiger partial charge >= 0.3 is 0 Å². The summed E-state index contributed by atoms with van der Waals surface area (Å²) in [6, 6.07) is 0. The lowest BCUT2D eigenvalue weighted by molar-refractivity contribution is 0.0252. The number of hydrogen-bond donors (Lipinski definition) is 1. The lowest BCUT2D eigenvalue weighted by atomic mass is 10.1. The van der Waals surface area contributed by atoms with Crippen LogP contribution in [0.1, 0.15) is 26.2 Å². The minimum absolute atomic E-state index is 0.0543. The highest BCUT2D eigenvalue weighted by Gasteiger charge is 2.33. The first kappa shape index (κ1) is 15.2. The monoisotopic (exact) mass is 291 g/mol. The third kappa shape index (κ3) is 3.88. The van der Waals surface area contributed by atoms with Crippen molar-refractivity contribution >= 4 is 10.2 Å². The predicted octanol–water partition coefficient (Wildman–Crippen LogP) is 0.0274. The lowest BCUT2D eigenvalue weighted by Crippen LogP contribution is -2.50. The maximum Gasteiger partial charge on any atom is 0.282 e. The molecule has 2 fully saturated rings. The van der Waals surface area contributed by atoms with Gasteiger partial charge < -0.3 is 10.1 Å². The highest BCUT2D eigenvalue weighted by Crippen LogP contribution is 2.19. The van der Waals surface area contributed by atoms with Gasteiger partial charge in [-0.3, -0.25) is 0 Å². The Balaban J connectivity index is 2.01. The number of nitrogens with zero attached hydrogens (tertiary/aromatic N) is 2. The molecule has 7 heteroatoms. The van der Waals surface area contributed by atoms with Crippen LogP contribution in [0.4, 0.5) is 0 Å². The quantitative estimate of drug-likeness (QED) is 0.794. The SMILES string of the molecule is CCOC1CCCN(S(=O)(=O)N2CCCNCC2)C1. The maximum absolute atomic E-state index is 12.6. The molecule has 0 saturated carbocycles. The second-order valence-corrected chi connectivity index (χ2v) is 7.02. The fourth-order valence-corrected chi connectivity index (χ4v) is 4.42. The van der Waals surface area contributed by atoms with E-state index in [0.717, 1.165) is 32.4 Å². The average Bonchev–Trinajstić information content (AvgIpc) is 2.69. The number of hydrogen-bond acceptors (Lipinski definition) is 4. The van der Waals surface area contributed by atoms with Crippen LogP contribution in [-0.4, -0.2) is 69.0 Å². The number of ether oxygens (including phenoxy) is 1. The molecular weight excluding hydrogens is 266 g/mol. The van der Waals surface area contributed by atoms with Crippen LogP contribution in [-0.2, 0) is 14.9 Å². The molecule has 2 heterocycles. The fourth-order valence-electron chi connectivity index (χ4n) is 2.70. The summed E-state index contributed by atoms with van der Waals surface area (Å²) in [4.78, 5) is 0. The van der Waals surface area contributed by atoms with Gasteiger partial charge in [-0.15, -0.1) is 0 Å². The molecule has 0 aromatic rings. The van der Waals surface area contributed by atoms with Crippen molar-refractivity contribution in [2.45, 2.75) is 32.3 Å². The molecule has 6 nitrogen and oxygen atoms in total. The van der Waals surface area contributed by atoms with E-state index < -0.39 is 10.2 Å². The van der Waals surface area contributed by atoms with Crippen LogP contribution >= 0.6 is 0 Å². The summed E-state index contributed by atoms with van der Waals surface area (Å²) in [7, 11) is -3.31. The predicted molar refractivity (Wildman–Crippen MR) is 74.2 cm³/mol.